The number of hydrogen-bond donors (Lipinski definition) is 1. The minimum absolute atomic E-state index is 0.501. The number of nitrogens with two attached hydrogens (primary N) is 1. The van der Waals surface area contributed by atoms with Gasteiger partial charge in [0, 0.05) is 12.1 Å². The number of rotatable bonds is 4. The number of nitrogen functional groups attached to an aromatic ring is 1. The van der Waals surface area contributed by atoms with Crippen molar-refractivity contribution in [2.24, 2.45) is 0 Å². The van der Waals surface area contributed by atoms with Gasteiger partial charge in [0.2, 0.25) is 0 Å². The van der Waals surface area contributed by atoms with Crippen LogP contribution in [0.1, 0.15) is 5.56 Å². The Morgan fingerprint density at radius 3 is 2.11 bits per heavy atom. The molecule has 100 valence electrons. The van der Waals surface area contributed by atoms with Crippen LogP contribution in [0.5, 0.6) is 23.0 Å². The quantitative estimate of drug-likeness (QED) is 0.855. The van der Waals surface area contributed by atoms with Crippen molar-refractivity contribution in [3.63, 3.8) is 0 Å². The fourth-order valence-corrected chi connectivity index (χ4v) is 1.75. The number of methoxy groups -OCH3 is 2. The molecule has 0 amide bonds. The van der Waals surface area contributed by atoms with E-state index in [2.05, 4.69) is 0 Å². The van der Waals surface area contributed by atoms with Crippen LogP contribution in [0.2, 0.25) is 0 Å². The van der Waals surface area contributed by atoms with Gasteiger partial charge in [0.25, 0.3) is 0 Å². The highest BCUT2D eigenvalue weighted by molar-refractivity contribution is 5.63. The molecule has 0 spiro atoms. The summed E-state index contributed by atoms with van der Waals surface area (Å²) in [7, 11) is 3.14. The van der Waals surface area contributed by atoms with Crippen LogP contribution in [0.25, 0.3) is 0 Å². The number of anilines is 1. The van der Waals surface area contributed by atoms with E-state index in [1.54, 1.807) is 26.4 Å². The second-order valence-electron chi connectivity index (χ2n) is 4.11. The highest BCUT2D eigenvalue weighted by atomic mass is 16.5. The number of ether oxygens (including phenoxy) is 3. The summed E-state index contributed by atoms with van der Waals surface area (Å²) in [5.74, 6) is 2.48. The number of para-hydroxylation sites is 1. The van der Waals surface area contributed by atoms with Crippen molar-refractivity contribution in [2.45, 2.75) is 6.92 Å². The van der Waals surface area contributed by atoms with Crippen LogP contribution in [0.4, 0.5) is 5.69 Å². The molecule has 0 aliphatic heterocycles. The molecule has 0 aliphatic rings. The Morgan fingerprint density at radius 2 is 1.47 bits per heavy atom. The van der Waals surface area contributed by atoms with Gasteiger partial charge in [-0.2, -0.15) is 0 Å². The molecular formula is C15H17NO3. The molecule has 2 rings (SSSR count). The van der Waals surface area contributed by atoms with Crippen molar-refractivity contribution in [3.8, 4) is 23.0 Å². The normalized spacial score (nSPS) is 10.1. The van der Waals surface area contributed by atoms with E-state index in [1.165, 1.54) is 0 Å². The topological polar surface area (TPSA) is 53.7 Å². The maximum absolute atomic E-state index is 5.96. The molecule has 0 saturated carbocycles. The zero-order valence-electron chi connectivity index (χ0n) is 11.3. The van der Waals surface area contributed by atoms with Gasteiger partial charge in [-0.15, -0.1) is 0 Å². The third kappa shape index (κ3) is 2.73. The second kappa shape index (κ2) is 5.52. The largest absolute Gasteiger partial charge is 0.493 e. The van der Waals surface area contributed by atoms with Gasteiger partial charge >= 0.3 is 0 Å². The average molecular weight is 259 g/mol. The summed E-state index contributed by atoms with van der Waals surface area (Å²) in [5, 5.41) is 0. The Bertz CT molecular complexity index is 582. The molecule has 0 aromatic heterocycles. The highest BCUT2D eigenvalue weighted by Crippen LogP contribution is 2.38. The van der Waals surface area contributed by atoms with Gasteiger partial charge in [0.1, 0.15) is 5.75 Å². The number of benzene rings is 2. The summed E-state index contributed by atoms with van der Waals surface area (Å²) in [4.78, 5) is 0. The maximum Gasteiger partial charge on any atom is 0.164 e. The molecule has 2 aromatic carbocycles. The van der Waals surface area contributed by atoms with Gasteiger partial charge < -0.3 is 19.9 Å². The monoisotopic (exact) mass is 259 g/mol. The lowest BCUT2D eigenvalue weighted by Gasteiger charge is -2.14. The number of hydrogen-bond acceptors (Lipinski definition) is 4. The lowest BCUT2D eigenvalue weighted by atomic mass is 10.2. The Labute approximate surface area is 112 Å². The molecule has 4 nitrogen and oxygen atoms in total. The third-order valence-electron chi connectivity index (χ3n) is 2.83. The minimum atomic E-state index is 0.501. The molecule has 0 unspecified atom stereocenters. The summed E-state index contributed by atoms with van der Waals surface area (Å²) in [5.41, 5.74) is 7.50. The van der Waals surface area contributed by atoms with Crippen LogP contribution in [0, 0.1) is 6.92 Å². The van der Waals surface area contributed by atoms with Crippen LogP contribution in [0.15, 0.2) is 36.4 Å². The van der Waals surface area contributed by atoms with Gasteiger partial charge in [0.05, 0.1) is 19.9 Å². The van der Waals surface area contributed by atoms with Crippen molar-refractivity contribution in [3.05, 3.63) is 42.0 Å². The first kappa shape index (κ1) is 13.1. The fourth-order valence-electron chi connectivity index (χ4n) is 1.75. The molecule has 0 saturated heterocycles. The van der Waals surface area contributed by atoms with Crippen LogP contribution in [0.3, 0.4) is 0 Å². The summed E-state index contributed by atoms with van der Waals surface area (Å²) >= 11 is 0. The predicted molar refractivity (Wildman–Crippen MR) is 75.2 cm³/mol. The molecule has 0 bridgehead atoms. The summed E-state index contributed by atoms with van der Waals surface area (Å²) in [6.07, 6.45) is 0. The maximum atomic E-state index is 5.96. The SMILES string of the molecule is COc1cc(N)c(Oc2ccccc2C)cc1OC. The molecule has 0 aliphatic carbocycles. The van der Waals surface area contributed by atoms with E-state index in [-0.39, 0.29) is 0 Å². The molecule has 0 atom stereocenters. The Balaban J connectivity index is 2.38. The molecule has 0 radical (unpaired) electrons. The first-order valence-electron chi connectivity index (χ1n) is 5.90. The van der Waals surface area contributed by atoms with Crippen molar-refractivity contribution in [1.29, 1.82) is 0 Å². The molecular weight excluding hydrogens is 242 g/mol. The van der Waals surface area contributed by atoms with Crippen LogP contribution < -0.4 is 19.9 Å². The highest BCUT2D eigenvalue weighted by Gasteiger charge is 2.11. The van der Waals surface area contributed by atoms with Gasteiger partial charge in [-0.05, 0) is 18.6 Å². The van der Waals surface area contributed by atoms with Gasteiger partial charge in [-0.3, -0.25) is 0 Å². The molecule has 4 heteroatoms. The van der Waals surface area contributed by atoms with Gasteiger partial charge in [-0.1, -0.05) is 18.2 Å². The smallest absolute Gasteiger partial charge is 0.164 e. The minimum Gasteiger partial charge on any atom is -0.493 e. The average Bonchev–Trinajstić information content (AvgIpc) is 2.42. The van der Waals surface area contributed by atoms with Crippen LogP contribution >= 0.6 is 0 Å². The summed E-state index contributed by atoms with van der Waals surface area (Å²) in [6.45, 7) is 1.98. The lowest BCUT2D eigenvalue weighted by Crippen LogP contribution is -1.97. The van der Waals surface area contributed by atoms with Gasteiger partial charge in [0.15, 0.2) is 17.2 Å². The number of aryl methyl sites for hydroxylation is 1. The Kier molecular flexibility index (Phi) is 3.80. The standard InChI is InChI=1S/C15H17NO3/c1-10-6-4-5-7-12(10)19-13-9-15(18-3)14(17-2)8-11(13)16/h4-9H,16H2,1-3H3. The van der Waals surface area contributed by atoms with E-state index in [9.17, 15) is 0 Å². The molecule has 2 aromatic rings. The second-order valence-corrected chi connectivity index (χ2v) is 4.11. The lowest BCUT2D eigenvalue weighted by molar-refractivity contribution is 0.352. The molecule has 2 N–H and O–H groups in total. The third-order valence-corrected chi connectivity index (χ3v) is 2.83. The Hall–Kier alpha value is -2.36. The summed E-state index contributed by atoms with van der Waals surface area (Å²) in [6, 6.07) is 11.2. The van der Waals surface area contributed by atoms with E-state index in [0.29, 0.717) is 22.9 Å². The fraction of sp³-hybridized carbons (Fsp3) is 0.200. The van der Waals surface area contributed by atoms with Crippen molar-refractivity contribution in [2.75, 3.05) is 20.0 Å². The molecule has 0 fully saturated rings. The van der Waals surface area contributed by atoms with Gasteiger partial charge in [-0.25, -0.2) is 0 Å². The molecule has 19 heavy (non-hydrogen) atoms. The van der Waals surface area contributed by atoms with Crippen molar-refractivity contribution in [1.82, 2.24) is 0 Å². The van der Waals surface area contributed by atoms with Crippen molar-refractivity contribution >= 4 is 5.69 Å². The van der Waals surface area contributed by atoms with E-state index in [1.807, 2.05) is 31.2 Å². The first-order valence-corrected chi connectivity index (χ1v) is 5.90. The van der Waals surface area contributed by atoms with E-state index >= 15 is 0 Å². The van der Waals surface area contributed by atoms with Crippen LogP contribution in [-0.2, 0) is 0 Å². The predicted octanol–water partition coefficient (Wildman–Crippen LogP) is 3.39. The van der Waals surface area contributed by atoms with E-state index < -0.39 is 0 Å². The van der Waals surface area contributed by atoms with E-state index in [4.69, 9.17) is 19.9 Å². The molecule has 0 heterocycles. The van der Waals surface area contributed by atoms with Crippen molar-refractivity contribution < 1.29 is 14.2 Å². The van der Waals surface area contributed by atoms with E-state index in [0.717, 1.165) is 11.3 Å². The zero-order valence-corrected chi connectivity index (χ0v) is 11.3. The summed E-state index contributed by atoms with van der Waals surface area (Å²) < 4.78 is 16.2. The first-order chi connectivity index (χ1) is 9.15. The zero-order chi connectivity index (χ0) is 13.8. The Morgan fingerprint density at radius 1 is 0.842 bits per heavy atom. The van der Waals surface area contributed by atoms with Crippen LogP contribution in [-0.4, -0.2) is 14.2 Å².